The average Bonchev–Trinajstić information content (AvgIpc) is 2.92. The van der Waals surface area contributed by atoms with Crippen LogP contribution in [0, 0.1) is 6.92 Å². The van der Waals surface area contributed by atoms with Crippen LogP contribution in [0.2, 0.25) is 0 Å². The van der Waals surface area contributed by atoms with Crippen LogP contribution in [0.25, 0.3) is 0 Å². The van der Waals surface area contributed by atoms with E-state index in [-0.39, 0.29) is 11.9 Å². The van der Waals surface area contributed by atoms with Gasteiger partial charge in [-0.3, -0.25) is 4.79 Å². The summed E-state index contributed by atoms with van der Waals surface area (Å²) in [5, 5.41) is 5.93. The molecule has 5 nitrogen and oxygen atoms in total. The Bertz CT molecular complexity index is 617. The van der Waals surface area contributed by atoms with Crippen LogP contribution in [0.4, 0.5) is 5.82 Å². The maximum absolute atomic E-state index is 11.7. The van der Waals surface area contributed by atoms with Crippen LogP contribution in [-0.2, 0) is 0 Å². The quantitative estimate of drug-likeness (QED) is 0.800. The molecular weight excluding hydrogens is 266 g/mol. The molecule has 2 aromatic heterocycles. The molecule has 110 valence electrons. The fraction of sp³-hybridized carbons (Fsp3) is 0.250. The molecule has 0 aliphatic rings. The Balaban J connectivity index is 1.99. The maximum Gasteiger partial charge on any atom is 0.253 e. The van der Waals surface area contributed by atoms with Gasteiger partial charge in [-0.1, -0.05) is 6.08 Å². The number of anilines is 1. The molecule has 5 heteroatoms. The van der Waals surface area contributed by atoms with Crippen LogP contribution in [0.3, 0.4) is 0 Å². The summed E-state index contributed by atoms with van der Waals surface area (Å²) in [6, 6.07) is 7.37. The van der Waals surface area contributed by atoms with Gasteiger partial charge in [-0.15, -0.1) is 6.58 Å². The van der Waals surface area contributed by atoms with E-state index in [2.05, 4.69) is 22.2 Å². The summed E-state index contributed by atoms with van der Waals surface area (Å²) in [6.45, 7) is 7.89. The predicted octanol–water partition coefficient (Wildman–Crippen LogP) is 3.07. The van der Waals surface area contributed by atoms with Crippen LogP contribution in [0.1, 0.15) is 34.8 Å². The molecule has 0 saturated carbocycles. The normalized spacial score (nSPS) is 11.7. The van der Waals surface area contributed by atoms with Gasteiger partial charge in [-0.05, 0) is 38.1 Å². The summed E-state index contributed by atoms with van der Waals surface area (Å²) in [5.41, 5.74) is 0.517. The standard InChI is InChI=1S/C16H19N3O2/c1-4-9-17-16(20)13-6-8-15(18-10-13)19-12(3)14-7-5-11(2)21-14/h4-8,10,12H,1,9H2,2-3H3,(H,17,20)(H,18,19)/t12-/m1/s1. The molecule has 0 unspecified atom stereocenters. The second kappa shape index (κ2) is 6.74. The zero-order chi connectivity index (χ0) is 15.2. The van der Waals surface area contributed by atoms with Crippen molar-refractivity contribution in [2.24, 2.45) is 0 Å². The van der Waals surface area contributed by atoms with Crippen molar-refractivity contribution >= 4 is 11.7 Å². The predicted molar refractivity (Wildman–Crippen MR) is 82.2 cm³/mol. The number of hydrogen-bond acceptors (Lipinski definition) is 4. The van der Waals surface area contributed by atoms with Crippen LogP contribution in [0.5, 0.6) is 0 Å². The first-order valence-corrected chi connectivity index (χ1v) is 6.78. The molecule has 0 spiro atoms. The highest BCUT2D eigenvalue weighted by Gasteiger charge is 2.10. The second-order valence-electron chi connectivity index (χ2n) is 4.75. The largest absolute Gasteiger partial charge is 0.464 e. The van der Waals surface area contributed by atoms with Crippen molar-refractivity contribution in [3.05, 3.63) is 60.2 Å². The Hall–Kier alpha value is -2.56. The van der Waals surface area contributed by atoms with Gasteiger partial charge in [-0.2, -0.15) is 0 Å². The number of aryl methyl sites for hydroxylation is 1. The lowest BCUT2D eigenvalue weighted by molar-refractivity contribution is 0.0957. The van der Waals surface area contributed by atoms with Gasteiger partial charge in [0.05, 0.1) is 11.6 Å². The number of hydrogen-bond donors (Lipinski definition) is 2. The third-order valence-electron chi connectivity index (χ3n) is 2.98. The molecule has 0 fully saturated rings. The number of furan rings is 1. The van der Waals surface area contributed by atoms with E-state index in [1.165, 1.54) is 0 Å². The first kappa shape index (κ1) is 14.8. The maximum atomic E-state index is 11.7. The highest BCUT2D eigenvalue weighted by molar-refractivity contribution is 5.94. The van der Waals surface area contributed by atoms with E-state index in [4.69, 9.17) is 4.42 Å². The van der Waals surface area contributed by atoms with E-state index < -0.39 is 0 Å². The minimum absolute atomic E-state index is 0.00615. The number of pyridine rings is 1. The number of carbonyl (C=O) groups excluding carboxylic acids is 1. The van der Waals surface area contributed by atoms with Gasteiger partial charge in [0.1, 0.15) is 17.3 Å². The molecule has 0 aliphatic carbocycles. The zero-order valence-corrected chi connectivity index (χ0v) is 12.2. The van der Waals surface area contributed by atoms with Gasteiger partial charge >= 0.3 is 0 Å². The van der Waals surface area contributed by atoms with Gasteiger partial charge < -0.3 is 15.1 Å². The Labute approximate surface area is 124 Å². The molecule has 0 aliphatic heterocycles. The van der Waals surface area contributed by atoms with Crippen LogP contribution in [-0.4, -0.2) is 17.4 Å². The Morgan fingerprint density at radius 3 is 2.81 bits per heavy atom. The van der Waals surface area contributed by atoms with Crippen molar-refractivity contribution < 1.29 is 9.21 Å². The summed E-state index contributed by atoms with van der Waals surface area (Å²) in [6.07, 6.45) is 3.18. The Kier molecular flexibility index (Phi) is 4.77. The van der Waals surface area contributed by atoms with E-state index in [1.54, 1.807) is 24.4 Å². The number of aromatic nitrogens is 1. The number of rotatable bonds is 6. The molecule has 2 heterocycles. The fourth-order valence-electron chi connectivity index (χ4n) is 1.86. The summed E-state index contributed by atoms with van der Waals surface area (Å²) >= 11 is 0. The monoisotopic (exact) mass is 285 g/mol. The van der Waals surface area contributed by atoms with Gasteiger partial charge in [0.25, 0.3) is 5.91 Å². The number of nitrogens with zero attached hydrogens (tertiary/aromatic N) is 1. The van der Waals surface area contributed by atoms with E-state index in [9.17, 15) is 4.79 Å². The number of carbonyl (C=O) groups is 1. The summed E-state index contributed by atoms with van der Waals surface area (Å²) in [7, 11) is 0. The Morgan fingerprint density at radius 1 is 1.43 bits per heavy atom. The molecule has 2 N–H and O–H groups in total. The van der Waals surface area contributed by atoms with Crippen molar-refractivity contribution in [1.82, 2.24) is 10.3 Å². The van der Waals surface area contributed by atoms with Gasteiger partial charge in [0.2, 0.25) is 0 Å². The van der Waals surface area contributed by atoms with E-state index in [1.807, 2.05) is 26.0 Å². The molecule has 0 bridgehead atoms. The minimum Gasteiger partial charge on any atom is -0.464 e. The fourth-order valence-corrected chi connectivity index (χ4v) is 1.86. The molecular formula is C16H19N3O2. The molecule has 0 saturated heterocycles. The van der Waals surface area contributed by atoms with Crippen molar-refractivity contribution in [3.8, 4) is 0 Å². The lowest BCUT2D eigenvalue weighted by Crippen LogP contribution is -2.23. The number of nitrogens with one attached hydrogen (secondary N) is 2. The van der Waals surface area contributed by atoms with Gasteiger partial charge in [-0.25, -0.2) is 4.98 Å². The molecule has 0 aromatic carbocycles. The topological polar surface area (TPSA) is 67.2 Å². The third-order valence-corrected chi connectivity index (χ3v) is 2.98. The average molecular weight is 285 g/mol. The third kappa shape index (κ3) is 3.95. The highest BCUT2D eigenvalue weighted by Crippen LogP contribution is 2.19. The van der Waals surface area contributed by atoms with Crippen molar-refractivity contribution in [2.45, 2.75) is 19.9 Å². The molecule has 1 amide bonds. The SMILES string of the molecule is C=CCNC(=O)c1ccc(N[C@H](C)c2ccc(C)o2)nc1. The number of amides is 1. The lowest BCUT2D eigenvalue weighted by atomic mass is 10.2. The van der Waals surface area contributed by atoms with E-state index >= 15 is 0 Å². The minimum atomic E-state index is -0.163. The van der Waals surface area contributed by atoms with Gasteiger partial charge in [0, 0.05) is 12.7 Å². The molecule has 2 rings (SSSR count). The molecule has 1 atom stereocenters. The Morgan fingerprint density at radius 2 is 2.24 bits per heavy atom. The van der Waals surface area contributed by atoms with E-state index in [0.717, 1.165) is 11.5 Å². The smallest absolute Gasteiger partial charge is 0.253 e. The van der Waals surface area contributed by atoms with E-state index in [0.29, 0.717) is 17.9 Å². The summed E-state index contributed by atoms with van der Waals surface area (Å²) in [5.74, 6) is 2.25. The van der Waals surface area contributed by atoms with Crippen LogP contribution >= 0.6 is 0 Å². The molecule has 2 aromatic rings. The first-order chi connectivity index (χ1) is 10.1. The van der Waals surface area contributed by atoms with Crippen molar-refractivity contribution in [2.75, 3.05) is 11.9 Å². The second-order valence-corrected chi connectivity index (χ2v) is 4.75. The van der Waals surface area contributed by atoms with Crippen molar-refractivity contribution in [3.63, 3.8) is 0 Å². The molecule has 21 heavy (non-hydrogen) atoms. The molecule has 0 radical (unpaired) electrons. The van der Waals surface area contributed by atoms with Crippen molar-refractivity contribution in [1.29, 1.82) is 0 Å². The van der Waals surface area contributed by atoms with Crippen LogP contribution < -0.4 is 10.6 Å². The lowest BCUT2D eigenvalue weighted by Gasteiger charge is -2.12. The van der Waals surface area contributed by atoms with Gasteiger partial charge in [0.15, 0.2) is 0 Å². The highest BCUT2D eigenvalue weighted by atomic mass is 16.3. The summed E-state index contributed by atoms with van der Waals surface area (Å²) in [4.78, 5) is 16.0. The summed E-state index contributed by atoms with van der Waals surface area (Å²) < 4.78 is 5.56. The van der Waals surface area contributed by atoms with Crippen LogP contribution in [0.15, 0.2) is 47.5 Å². The zero-order valence-electron chi connectivity index (χ0n) is 12.2. The first-order valence-electron chi connectivity index (χ1n) is 6.78.